The molecule has 0 spiro atoms. The van der Waals surface area contributed by atoms with Crippen molar-refractivity contribution < 1.29 is 9.59 Å². The molecule has 0 saturated heterocycles. The average Bonchev–Trinajstić information content (AvgIpc) is 2.63. The van der Waals surface area contributed by atoms with Crippen LogP contribution in [0.1, 0.15) is 39.5 Å². The largest absolute Gasteiger partial charge is 0.287 e. The van der Waals surface area contributed by atoms with E-state index in [0.29, 0.717) is 22.6 Å². The normalized spacial score (nSPS) is 10.7. The Hall–Kier alpha value is -2.35. The van der Waals surface area contributed by atoms with Crippen molar-refractivity contribution in [3.63, 3.8) is 0 Å². The molecule has 0 bridgehead atoms. The summed E-state index contributed by atoms with van der Waals surface area (Å²) in [6, 6.07) is 7.21. The van der Waals surface area contributed by atoms with Crippen LogP contribution < -0.4 is 16.4 Å². The van der Waals surface area contributed by atoms with Crippen molar-refractivity contribution in [3.8, 4) is 0 Å². The summed E-state index contributed by atoms with van der Waals surface area (Å²) in [6.45, 7) is 4.03. The minimum atomic E-state index is -0.356. The highest BCUT2D eigenvalue weighted by Crippen LogP contribution is 2.18. The maximum atomic E-state index is 12.8. The third-order valence-electron chi connectivity index (χ3n) is 3.77. The van der Waals surface area contributed by atoms with Gasteiger partial charge in [0.05, 0.1) is 16.7 Å². The van der Waals surface area contributed by atoms with Gasteiger partial charge in [-0.1, -0.05) is 50.1 Å². The summed E-state index contributed by atoms with van der Waals surface area (Å²) in [5, 5.41) is 1.10. The van der Waals surface area contributed by atoms with E-state index in [4.69, 9.17) is 0 Å². The number of fused-ring (bicyclic) bond motifs is 1. The van der Waals surface area contributed by atoms with Crippen molar-refractivity contribution in [2.24, 2.45) is 0 Å². The molecular weight excluding hydrogens is 352 g/mol. The van der Waals surface area contributed by atoms with Gasteiger partial charge in [-0.15, -0.1) is 0 Å². The van der Waals surface area contributed by atoms with E-state index in [1.165, 1.54) is 18.7 Å². The van der Waals surface area contributed by atoms with E-state index in [9.17, 15) is 14.4 Å². The van der Waals surface area contributed by atoms with Gasteiger partial charge >= 0.3 is 0 Å². The number of amides is 2. The van der Waals surface area contributed by atoms with Crippen LogP contribution >= 0.6 is 11.8 Å². The number of carbonyl (C=O) groups is 2. The van der Waals surface area contributed by atoms with Crippen LogP contribution in [0.3, 0.4) is 0 Å². The van der Waals surface area contributed by atoms with E-state index < -0.39 is 0 Å². The first-order valence-electron chi connectivity index (χ1n) is 8.70. The number of benzene rings is 1. The van der Waals surface area contributed by atoms with Crippen molar-refractivity contribution in [1.82, 2.24) is 20.4 Å². The lowest BCUT2D eigenvalue weighted by molar-refractivity contribution is -0.126. The van der Waals surface area contributed by atoms with E-state index in [0.717, 1.165) is 25.7 Å². The van der Waals surface area contributed by atoms with Crippen molar-refractivity contribution >= 4 is 34.5 Å². The monoisotopic (exact) mass is 376 g/mol. The molecule has 2 rings (SSSR count). The van der Waals surface area contributed by atoms with E-state index in [1.807, 2.05) is 12.1 Å². The minimum Gasteiger partial charge on any atom is -0.287 e. The van der Waals surface area contributed by atoms with Gasteiger partial charge < -0.3 is 0 Å². The topological polar surface area (TPSA) is 93.1 Å². The fraction of sp³-hybridized carbons (Fsp3) is 0.444. The molecule has 2 N–H and O–H groups in total. The van der Waals surface area contributed by atoms with Crippen LogP contribution in [0.5, 0.6) is 0 Å². The Balaban J connectivity index is 2.20. The van der Waals surface area contributed by atoms with E-state index in [1.54, 1.807) is 16.7 Å². The van der Waals surface area contributed by atoms with Gasteiger partial charge in [0.2, 0.25) is 11.8 Å². The molecule has 0 unspecified atom stereocenters. The Morgan fingerprint density at radius 1 is 1.15 bits per heavy atom. The van der Waals surface area contributed by atoms with Crippen molar-refractivity contribution in [3.05, 3.63) is 34.6 Å². The zero-order chi connectivity index (χ0) is 18.9. The number of aromatic nitrogens is 2. The molecule has 0 aliphatic rings. The first-order valence-corrected chi connectivity index (χ1v) is 9.69. The maximum Gasteiger partial charge on any atom is 0.262 e. The highest BCUT2D eigenvalue weighted by atomic mass is 32.2. The lowest BCUT2D eigenvalue weighted by Crippen LogP contribution is -2.41. The van der Waals surface area contributed by atoms with Crippen LogP contribution in [0.4, 0.5) is 0 Å². The fourth-order valence-electron chi connectivity index (χ4n) is 2.48. The molecule has 0 radical (unpaired) electrons. The Kier molecular flexibility index (Phi) is 7.65. The van der Waals surface area contributed by atoms with Crippen molar-refractivity contribution in [2.45, 2.75) is 51.2 Å². The van der Waals surface area contributed by atoms with Gasteiger partial charge in [-0.2, -0.15) is 0 Å². The molecule has 1 aromatic heterocycles. The Morgan fingerprint density at radius 2 is 1.92 bits per heavy atom. The maximum absolute atomic E-state index is 12.8. The predicted octanol–water partition coefficient (Wildman–Crippen LogP) is 2.24. The minimum absolute atomic E-state index is 0.0556. The zero-order valence-electron chi connectivity index (χ0n) is 15.1. The number of nitrogens with zero attached hydrogens (tertiary/aromatic N) is 2. The van der Waals surface area contributed by atoms with Crippen LogP contribution in [0, 0.1) is 0 Å². The van der Waals surface area contributed by atoms with Crippen molar-refractivity contribution in [1.29, 1.82) is 0 Å². The third kappa shape index (κ3) is 5.59. The van der Waals surface area contributed by atoms with E-state index in [2.05, 4.69) is 22.8 Å². The van der Waals surface area contributed by atoms with Crippen LogP contribution in [0.2, 0.25) is 0 Å². The number of nitrogens with one attached hydrogen (secondary N) is 2. The summed E-state index contributed by atoms with van der Waals surface area (Å²) in [7, 11) is 0. The first-order chi connectivity index (χ1) is 12.5. The van der Waals surface area contributed by atoms with Crippen LogP contribution in [0.15, 0.2) is 34.2 Å². The molecule has 1 heterocycles. The standard InChI is InChI=1S/C18H24N4O3S/c1-3-4-5-8-11-22-17(25)14-9-6-7-10-15(14)19-18(22)26-12-16(24)21-20-13(2)23/h6-7,9-10H,3-5,8,11-12H2,1-2H3,(H,20,23)(H,21,24). The highest BCUT2D eigenvalue weighted by molar-refractivity contribution is 7.99. The SMILES string of the molecule is CCCCCCn1c(SCC(=O)NNC(C)=O)nc2ccccc2c1=O. The summed E-state index contributed by atoms with van der Waals surface area (Å²) in [6.07, 6.45) is 4.18. The highest BCUT2D eigenvalue weighted by Gasteiger charge is 2.13. The summed E-state index contributed by atoms with van der Waals surface area (Å²) in [5.74, 6) is -0.648. The smallest absolute Gasteiger partial charge is 0.262 e. The van der Waals surface area contributed by atoms with Gasteiger partial charge in [-0.3, -0.25) is 29.8 Å². The first kappa shape index (κ1) is 20.0. The number of carbonyl (C=O) groups excluding carboxylic acids is 2. The van der Waals surface area contributed by atoms with Crippen molar-refractivity contribution in [2.75, 3.05) is 5.75 Å². The molecule has 0 saturated carbocycles. The summed E-state index contributed by atoms with van der Waals surface area (Å²) < 4.78 is 1.65. The predicted molar refractivity (Wildman–Crippen MR) is 103 cm³/mol. The zero-order valence-corrected chi connectivity index (χ0v) is 15.9. The molecule has 1 aromatic carbocycles. The Morgan fingerprint density at radius 3 is 2.65 bits per heavy atom. The Bertz CT molecular complexity index is 835. The summed E-state index contributed by atoms with van der Waals surface area (Å²) >= 11 is 1.19. The van der Waals surface area contributed by atoms with Gasteiger partial charge in [-0.05, 0) is 18.6 Å². The molecule has 26 heavy (non-hydrogen) atoms. The lowest BCUT2D eigenvalue weighted by atomic mass is 10.2. The second-order valence-electron chi connectivity index (χ2n) is 5.95. The molecule has 0 aliphatic heterocycles. The number of hydrogen-bond acceptors (Lipinski definition) is 5. The average molecular weight is 376 g/mol. The molecular formula is C18H24N4O3S. The van der Waals surface area contributed by atoms with Gasteiger partial charge in [-0.25, -0.2) is 4.98 Å². The molecule has 7 nitrogen and oxygen atoms in total. The second-order valence-corrected chi connectivity index (χ2v) is 6.89. The van der Waals surface area contributed by atoms with Crippen LogP contribution in [0.25, 0.3) is 10.9 Å². The summed E-state index contributed by atoms with van der Waals surface area (Å²) in [4.78, 5) is 40.1. The van der Waals surface area contributed by atoms with Gasteiger partial charge in [0.25, 0.3) is 5.56 Å². The number of unbranched alkanes of at least 4 members (excludes halogenated alkanes) is 3. The lowest BCUT2D eigenvalue weighted by Gasteiger charge is -2.13. The number of rotatable bonds is 8. The van der Waals surface area contributed by atoms with E-state index in [-0.39, 0.29) is 23.1 Å². The van der Waals surface area contributed by atoms with Crippen LogP contribution in [-0.2, 0) is 16.1 Å². The molecule has 8 heteroatoms. The molecule has 2 aromatic rings. The van der Waals surface area contributed by atoms with Gasteiger partial charge in [0, 0.05) is 13.5 Å². The second kappa shape index (κ2) is 9.96. The van der Waals surface area contributed by atoms with Gasteiger partial charge in [0.1, 0.15) is 0 Å². The number of thioether (sulfide) groups is 1. The molecule has 0 atom stereocenters. The molecule has 2 amide bonds. The number of para-hydroxylation sites is 1. The summed E-state index contributed by atoms with van der Waals surface area (Å²) in [5.41, 5.74) is 5.09. The number of hydrogen-bond donors (Lipinski definition) is 2. The molecule has 0 fully saturated rings. The van der Waals surface area contributed by atoms with Crippen LogP contribution in [-0.4, -0.2) is 27.1 Å². The Labute approximate surface area is 156 Å². The van der Waals surface area contributed by atoms with E-state index >= 15 is 0 Å². The molecule has 0 aliphatic carbocycles. The quantitative estimate of drug-likeness (QED) is 0.319. The fourth-order valence-corrected chi connectivity index (χ4v) is 3.30. The molecule has 140 valence electrons. The number of hydrazine groups is 1. The third-order valence-corrected chi connectivity index (χ3v) is 4.75. The van der Waals surface area contributed by atoms with Gasteiger partial charge in [0.15, 0.2) is 5.16 Å².